The fraction of sp³-hybridized carbons (Fsp3) is 0.667. The van der Waals surface area contributed by atoms with Gasteiger partial charge in [0, 0.05) is 29.4 Å². The molecule has 8 aliphatic rings. The molecule has 8 aliphatic carbocycles. The van der Waals surface area contributed by atoms with E-state index in [1.807, 2.05) is 10.8 Å². The first-order chi connectivity index (χ1) is 22.9. The second-order valence-corrected chi connectivity index (χ2v) is 35.5. The molecule has 2 heterocycles. The van der Waals surface area contributed by atoms with Crippen LogP contribution in [0, 0.1) is 35.5 Å². The van der Waals surface area contributed by atoms with E-state index in [0.717, 1.165) is 35.5 Å². The Labute approximate surface area is 296 Å². The highest BCUT2D eigenvalue weighted by Gasteiger charge is 2.62. The highest BCUT2D eigenvalue weighted by molar-refractivity contribution is 7.71. The summed E-state index contributed by atoms with van der Waals surface area (Å²) in [6.07, 6.45) is 26.0. The lowest BCUT2D eigenvalue weighted by Crippen LogP contribution is -2.57. The first kappa shape index (κ1) is 32.9. The minimum absolute atomic E-state index is 0.0840. The van der Waals surface area contributed by atoms with E-state index in [-0.39, 0.29) is 7.92 Å². The van der Waals surface area contributed by atoms with E-state index in [2.05, 4.69) is 98.0 Å². The van der Waals surface area contributed by atoms with Gasteiger partial charge >= 0.3 is 0 Å². The van der Waals surface area contributed by atoms with Crippen molar-refractivity contribution in [2.24, 2.45) is 35.5 Å². The van der Waals surface area contributed by atoms with Crippen molar-refractivity contribution in [3.05, 3.63) is 59.9 Å². The first-order valence-corrected chi connectivity index (χ1v) is 29.9. The molecule has 8 saturated carbocycles. The lowest BCUT2D eigenvalue weighted by molar-refractivity contribution is 0.0184. The summed E-state index contributed by atoms with van der Waals surface area (Å²) in [6.45, 7) is 15.8. The zero-order valence-electron chi connectivity index (χ0n) is 30.9. The predicted molar refractivity (Wildman–Crippen MR) is 216 cm³/mol. The molecule has 8 fully saturated rings. The topological polar surface area (TPSA) is 31.6 Å². The molecule has 2 N–H and O–H groups in total. The lowest BCUT2D eigenvalue weighted by atomic mass is 9.55. The molecule has 8 bridgehead atoms. The number of rotatable bonds is 10. The van der Waals surface area contributed by atoms with E-state index in [0.29, 0.717) is 10.3 Å². The summed E-state index contributed by atoms with van der Waals surface area (Å²) in [5, 5.41) is 4.94. The molecule has 48 heavy (non-hydrogen) atoms. The van der Waals surface area contributed by atoms with Gasteiger partial charge in [-0.25, -0.2) is 0 Å². The van der Waals surface area contributed by atoms with Gasteiger partial charge in [-0.05, 0) is 172 Å². The number of hydrogen-bond acceptors (Lipinski definition) is 0. The van der Waals surface area contributed by atoms with Gasteiger partial charge in [0.1, 0.15) is 0 Å². The molecule has 1 aromatic carbocycles. The zero-order valence-corrected chi connectivity index (χ0v) is 34.7. The molecular weight excluding hydrogens is 651 g/mol. The molecule has 0 radical (unpaired) electrons. The fourth-order valence-electron chi connectivity index (χ4n) is 13.5. The summed E-state index contributed by atoms with van der Waals surface area (Å²) in [4.78, 5) is 7.39. The van der Waals surface area contributed by atoms with Crippen LogP contribution < -0.4 is 21.2 Å². The Bertz CT molecular complexity index is 1480. The van der Waals surface area contributed by atoms with Crippen LogP contribution in [0.15, 0.2) is 48.8 Å². The molecule has 11 rings (SSSR count). The molecule has 3 aromatic rings. The van der Waals surface area contributed by atoms with Gasteiger partial charge < -0.3 is 9.97 Å². The third kappa shape index (κ3) is 5.78. The van der Waals surface area contributed by atoms with E-state index < -0.39 is 24.1 Å². The Morgan fingerprint density at radius 3 is 1.23 bits per heavy atom. The van der Waals surface area contributed by atoms with Gasteiger partial charge in [0.25, 0.3) is 0 Å². The van der Waals surface area contributed by atoms with E-state index in [1.165, 1.54) is 23.2 Å². The van der Waals surface area contributed by atoms with Gasteiger partial charge in [0.2, 0.25) is 0 Å². The molecular formula is C42H62N2P2Si2. The van der Waals surface area contributed by atoms with Crippen LogP contribution in [0.1, 0.15) is 88.2 Å². The van der Waals surface area contributed by atoms with Crippen molar-refractivity contribution in [3.8, 4) is 0 Å². The largest absolute Gasteiger partial charge is 0.361 e. The van der Waals surface area contributed by atoms with Crippen molar-refractivity contribution in [1.82, 2.24) is 9.97 Å². The van der Waals surface area contributed by atoms with Crippen molar-refractivity contribution in [2.75, 3.05) is 0 Å². The van der Waals surface area contributed by atoms with Crippen molar-refractivity contribution in [1.29, 1.82) is 0 Å². The van der Waals surface area contributed by atoms with Crippen LogP contribution in [0.2, 0.25) is 39.3 Å². The number of H-pyrrole nitrogens is 2. The SMILES string of the molecule is C[Si](C)(C)c1cc(CP(c2ccc[nH]2)c2ccc[nH]2)c(CP(C23CC4CC(CC(C4)C2)C3)C23CC4CC(CC(C4)C2)C3)cc1[Si](C)(C)C. The third-order valence-corrected chi connectivity index (χ3v) is 25.2. The maximum atomic E-state index is 3.69. The average Bonchev–Trinajstić information content (AvgIpc) is 3.72. The van der Waals surface area contributed by atoms with Crippen LogP contribution in [0.5, 0.6) is 0 Å². The van der Waals surface area contributed by atoms with E-state index in [1.54, 1.807) is 87.8 Å². The smallest absolute Gasteiger partial charge is 0.0774 e. The minimum atomic E-state index is -1.55. The molecule has 0 amide bonds. The maximum absolute atomic E-state index is 3.69. The number of aromatic amines is 2. The summed E-state index contributed by atoms with van der Waals surface area (Å²) in [5.41, 5.74) is 6.39. The van der Waals surface area contributed by atoms with Crippen molar-refractivity contribution >= 4 is 53.2 Å². The van der Waals surface area contributed by atoms with Crippen LogP contribution in [-0.4, -0.2) is 36.4 Å². The summed E-state index contributed by atoms with van der Waals surface area (Å²) >= 11 is 0. The zero-order chi connectivity index (χ0) is 33.1. The molecule has 258 valence electrons. The Balaban J connectivity index is 1.20. The maximum Gasteiger partial charge on any atom is 0.0774 e. The average molecular weight is 713 g/mol. The van der Waals surface area contributed by atoms with Crippen LogP contribution in [-0.2, 0) is 12.3 Å². The predicted octanol–water partition coefficient (Wildman–Crippen LogP) is 9.99. The highest BCUT2D eigenvalue weighted by atomic mass is 31.1. The summed E-state index contributed by atoms with van der Waals surface area (Å²) in [5.74, 6) is 6.31. The van der Waals surface area contributed by atoms with Gasteiger partial charge in [-0.15, -0.1) is 0 Å². The molecule has 0 atom stereocenters. The monoisotopic (exact) mass is 712 g/mol. The fourth-order valence-corrected chi connectivity index (χ4v) is 26.1. The van der Waals surface area contributed by atoms with Crippen molar-refractivity contribution in [2.45, 2.75) is 139 Å². The first-order valence-electron chi connectivity index (χ1n) is 19.8. The number of hydrogen-bond donors (Lipinski definition) is 2. The van der Waals surface area contributed by atoms with Crippen LogP contribution in [0.3, 0.4) is 0 Å². The van der Waals surface area contributed by atoms with E-state index >= 15 is 0 Å². The molecule has 2 nitrogen and oxygen atoms in total. The van der Waals surface area contributed by atoms with Gasteiger partial charge in [0.05, 0.1) is 16.1 Å². The lowest BCUT2D eigenvalue weighted by Gasteiger charge is -2.67. The molecule has 0 spiro atoms. The normalized spacial score (nSPS) is 36.0. The van der Waals surface area contributed by atoms with Crippen LogP contribution >= 0.6 is 15.8 Å². The van der Waals surface area contributed by atoms with E-state index in [4.69, 9.17) is 0 Å². The molecule has 0 aliphatic heterocycles. The van der Waals surface area contributed by atoms with Gasteiger partial charge in [-0.3, -0.25) is 0 Å². The minimum Gasteiger partial charge on any atom is -0.361 e. The molecule has 0 saturated heterocycles. The van der Waals surface area contributed by atoms with Crippen LogP contribution in [0.4, 0.5) is 0 Å². The number of benzene rings is 1. The Hall–Kier alpha value is -0.926. The van der Waals surface area contributed by atoms with Gasteiger partial charge in [-0.1, -0.05) is 69.7 Å². The number of nitrogens with one attached hydrogen (secondary N) is 2. The van der Waals surface area contributed by atoms with Crippen molar-refractivity contribution < 1.29 is 0 Å². The van der Waals surface area contributed by atoms with Crippen LogP contribution in [0.25, 0.3) is 0 Å². The van der Waals surface area contributed by atoms with Gasteiger partial charge in [-0.2, -0.15) is 0 Å². The standard InChI is InChI=1S/C42H62N2P2Si2/c1-47(2,3)37-19-35(27-45(39-9-7-11-43-39)40-10-8-12-44-40)36(20-38(37)48(4,5)6)28-46(41-21-29-13-30(22-41)15-31(14-29)23-41)42-24-32-16-33(25-42)18-34(17-32)26-42/h7-12,19-20,29-34,43-44H,13-18,21-28H2,1-6H3. The summed E-state index contributed by atoms with van der Waals surface area (Å²) in [7, 11) is -3.69. The van der Waals surface area contributed by atoms with Crippen molar-refractivity contribution in [3.63, 3.8) is 0 Å². The van der Waals surface area contributed by atoms with E-state index in [9.17, 15) is 0 Å². The third-order valence-electron chi connectivity index (χ3n) is 14.5. The molecule has 0 unspecified atom stereocenters. The Kier molecular flexibility index (Phi) is 8.10. The second-order valence-electron chi connectivity index (χ2n) is 20.2. The summed E-state index contributed by atoms with van der Waals surface area (Å²) < 4.78 is 0. The molecule has 6 heteroatoms. The van der Waals surface area contributed by atoms with Gasteiger partial charge in [0.15, 0.2) is 0 Å². The Morgan fingerprint density at radius 2 is 0.917 bits per heavy atom. The highest BCUT2D eigenvalue weighted by Crippen LogP contribution is 2.79. The Morgan fingerprint density at radius 1 is 0.562 bits per heavy atom. The summed E-state index contributed by atoms with van der Waals surface area (Å²) in [6, 6.07) is 14.9. The second kappa shape index (κ2) is 11.8. The quantitative estimate of drug-likeness (QED) is 0.155. The number of aromatic nitrogens is 2. The molecule has 2 aromatic heterocycles.